The highest BCUT2D eigenvalue weighted by Crippen LogP contribution is 2.21. The molecular formula is C24H35N5O7. The van der Waals surface area contributed by atoms with Gasteiger partial charge in [0, 0.05) is 19.4 Å². The molecule has 36 heavy (non-hydrogen) atoms. The van der Waals surface area contributed by atoms with Crippen molar-refractivity contribution in [3.05, 3.63) is 29.8 Å². The molecule has 1 aromatic carbocycles. The lowest BCUT2D eigenvalue weighted by Crippen LogP contribution is -2.57. The molecule has 4 unspecified atom stereocenters. The molecule has 0 radical (unpaired) electrons. The van der Waals surface area contributed by atoms with Crippen molar-refractivity contribution in [3.63, 3.8) is 0 Å². The summed E-state index contributed by atoms with van der Waals surface area (Å²) < 4.78 is 0. The number of likely N-dealkylation sites (tertiary alicyclic amines) is 1. The molecule has 1 fully saturated rings. The summed E-state index contributed by atoms with van der Waals surface area (Å²) in [6.45, 7) is 3.73. The number of nitrogens with one attached hydrogen (secondary N) is 2. The summed E-state index contributed by atoms with van der Waals surface area (Å²) in [5, 5.41) is 24.1. The Balaban J connectivity index is 2.14. The van der Waals surface area contributed by atoms with Crippen LogP contribution in [0.15, 0.2) is 24.3 Å². The highest BCUT2D eigenvalue weighted by atomic mass is 16.4. The van der Waals surface area contributed by atoms with E-state index in [4.69, 9.17) is 11.5 Å². The fraction of sp³-hybridized carbons (Fsp3) is 0.542. The summed E-state index contributed by atoms with van der Waals surface area (Å²) in [4.78, 5) is 63.3. The number of hydrogen-bond donors (Lipinski definition) is 6. The predicted octanol–water partition coefficient (Wildman–Crippen LogP) is -0.771. The predicted molar refractivity (Wildman–Crippen MR) is 129 cm³/mol. The van der Waals surface area contributed by atoms with Crippen molar-refractivity contribution < 1.29 is 34.2 Å². The number of aromatic hydroxyl groups is 1. The first-order valence-electron chi connectivity index (χ1n) is 11.9. The molecule has 0 spiro atoms. The maximum absolute atomic E-state index is 13.3. The Bertz CT molecular complexity index is 966. The van der Waals surface area contributed by atoms with Crippen molar-refractivity contribution in [2.75, 3.05) is 6.54 Å². The Morgan fingerprint density at radius 2 is 1.72 bits per heavy atom. The number of rotatable bonds is 12. The van der Waals surface area contributed by atoms with Crippen LogP contribution in [0.25, 0.3) is 0 Å². The van der Waals surface area contributed by atoms with Crippen molar-refractivity contribution in [2.24, 2.45) is 17.4 Å². The van der Waals surface area contributed by atoms with Crippen LogP contribution in [0.3, 0.4) is 0 Å². The van der Waals surface area contributed by atoms with Crippen LogP contribution in [-0.4, -0.2) is 75.4 Å². The molecule has 0 aromatic heterocycles. The lowest BCUT2D eigenvalue weighted by molar-refractivity contribution is -0.145. The number of carboxylic acids is 1. The first-order valence-corrected chi connectivity index (χ1v) is 11.9. The molecule has 198 valence electrons. The first-order chi connectivity index (χ1) is 16.9. The van der Waals surface area contributed by atoms with E-state index in [0.717, 1.165) is 0 Å². The van der Waals surface area contributed by atoms with Crippen molar-refractivity contribution in [1.82, 2.24) is 15.5 Å². The number of phenolic OH excluding ortho intramolecular Hbond substituents is 1. The third-order valence-electron chi connectivity index (χ3n) is 6.14. The third-order valence-corrected chi connectivity index (χ3v) is 6.14. The van der Waals surface area contributed by atoms with Crippen LogP contribution in [0.5, 0.6) is 5.75 Å². The molecule has 12 nitrogen and oxygen atoms in total. The largest absolute Gasteiger partial charge is 0.508 e. The van der Waals surface area contributed by atoms with Gasteiger partial charge in [0.15, 0.2) is 0 Å². The zero-order chi connectivity index (χ0) is 27.0. The molecule has 1 aliphatic rings. The minimum absolute atomic E-state index is 0.0214. The van der Waals surface area contributed by atoms with Crippen molar-refractivity contribution in [2.45, 2.75) is 70.1 Å². The molecule has 4 atom stereocenters. The van der Waals surface area contributed by atoms with Gasteiger partial charge in [-0.15, -0.1) is 0 Å². The summed E-state index contributed by atoms with van der Waals surface area (Å²) in [5.74, 6) is -3.82. The van der Waals surface area contributed by atoms with Gasteiger partial charge in [-0.25, -0.2) is 4.79 Å². The van der Waals surface area contributed by atoms with E-state index in [-0.39, 0.29) is 37.5 Å². The van der Waals surface area contributed by atoms with Gasteiger partial charge in [-0.05, 0) is 42.9 Å². The Morgan fingerprint density at radius 1 is 1.08 bits per heavy atom. The number of carbonyl (C=O) groups is 5. The Hall–Kier alpha value is -3.67. The zero-order valence-electron chi connectivity index (χ0n) is 20.5. The van der Waals surface area contributed by atoms with E-state index in [1.54, 1.807) is 26.0 Å². The summed E-state index contributed by atoms with van der Waals surface area (Å²) in [7, 11) is 0. The Kier molecular flexibility index (Phi) is 10.2. The summed E-state index contributed by atoms with van der Waals surface area (Å²) in [6, 6.07) is 1.75. The highest BCUT2D eigenvalue weighted by molar-refractivity contribution is 5.94. The van der Waals surface area contributed by atoms with Gasteiger partial charge in [0.1, 0.15) is 23.9 Å². The zero-order valence-corrected chi connectivity index (χ0v) is 20.5. The standard InChI is InChI=1S/C24H35N5O7/c1-13(2)20(26)22(33)27-16(9-10-19(25)31)23(34)29-11-3-4-18(29)21(32)28-17(24(35)36)12-14-5-7-15(30)8-6-14/h5-8,13,16-18,20,30H,3-4,9-12,26H2,1-2H3,(H2,25,31)(H,27,33)(H,28,32)(H,35,36). The van der Waals surface area contributed by atoms with Crippen LogP contribution in [0.1, 0.15) is 45.1 Å². The van der Waals surface area contributed by atoms with Gasteiger partial charge in [-0.3, -0.25) is 19.2 Å². The van der Waals surface area contributed by atoms with Gasteiger partial charge in [0.05, 0.1) is 6.04 Å². The molecule has 4 amide bonds. The maximum Gasteiger partial charge on any atom is 0.326 e. The number of phenols is 1. The number of nitrogens with zero attached hydrogens (tertiary/aromatic N) is 1. The molecule has 8 N–H and O–H groups in total. The molecule has 0 aliphatic carbocycles. The van der Waals surface area contributed by atoms with Crippen LogP contribution in [-0.2, 0) is 30.4 Å². The second kappa shape index (κ2) is 12.9. The van der Waals surface area contributed by atoms with Gasteiger partial charge in [-0.2, -0.15) is 0 Å². The van der Waals surface area contributed by atoms with Crippen molar-refractivity contribution in [3.8, 4) is 5.75 Å². The average molecular weight is 506 g/mol. The fourth-order valence-corrected chi connectivity index (χ4v) is 3.95. The maximum atomic E-state index is 13.3. The van der Waals surface area contributed by atoms with Crippen molar-refractivity contribution >= 4 is 29.6 Å². The SMILES string of the molecule is CC(C)C(N)C(=O)NC(CCC(N)=O)C(=O)N1CCCC1C(=O)NC(Cc1ccc(O)cc1)C(=O)O. The van der Waals surface area contributed by atoms with Crippen LogP contribution in [0, 0.1) is 5.92 Å². The number of hydrogen-bond acceptors (Lipinski definition) is 7. The van der Waals surface area contributed by atoms with Gasteiger partial charge in [0.25, 0.3) is 0 Å². The van der Waals surface area contributed by atoms with Gasteiger partial charge in [0.2, 0.25) is 23.6 Å². The number of aliphatic carboxylic acids is 1. The third kappa shape index (κ3) is 7.94. The van der Waals surface area contributed by atoms with E-state index in [2.05, 4.69) is 10.6 Å². The summed E-state index contributed by atoms with van der Waals surface area (Å²) >= 11 is 0. The molecule has 1 saturated heterocycles. The highest BCUT2D eigenvalue weighted by Gasteiger charge is 2.39. The minimum atomic E-state index is -1.26. The summed E-state index contributed by atoms with van der Waals surface area (Å²) in [6.07, 6.45) is 0.569. The lowest BCUT2D eigenvalue weighted by Gasteiger charge is -2.30. The molecule has 1 aromatic rings. The molecule has 2 rings (SSSR count). The number of carbonyl (C=O) groups excluding carboxylic acids is 4. The van der Waals surface area contributed by atoms with Crippen LogP contribution < -0.4 is 22.1 Å². The first kappa shape index (κ1) is 28.6. The smallest absolute Gasteiger partial charge is 0.326 e. The van der Waals surface area contributed by atoms with E-state index in [9.17, 15) is 34.2 Å². The molecule has 0 bridgehead atoms. The number of primary amides is 1. The van der Waals surface area contributed by atoms with Crippen LogP contribution in [0.2, 0.25) is 0 Å². The van der Waals surface area contributed by atoms with Crippen LogP contribution >= 0.6 is 0 Å². The van der Waals surface area contributed by atoms with Crippen molar-refractivity contribution in [1.29, 1.82) is 0 Å². The Labute approximate surface area is 209 Å². The Morgan fingerprint density at radius 3 is 2.28 bits per heavy atom. The number of benzene rings is 1. The second-order valence-corrected chi connectivity index (χ2v) is 9.30. The van der Waals surface area contributed by atoms with E-state index in [1.807, 2.05) is 0 Å². The van der Waals surface area contributed by atoms with E-state index >= 15 is 0 Å². The lowest BCUT2D eigenvalue weighted by atomic mass is 10.0. The molecular weight excluding hydrogens is 470 g/mol. The monoisotopic (exact) mass is 505 g/mol. The fourth-order valence-electron chi connectivity index (χ4n) is 3.95. The topological polar surface area (TPSA) is 205 Å². The van der Waals surface area contributed by atoms with Gasteiger partial charge < -0.3 is 37.2 Å². The molecule has 1 heterocycles. The number of nitrogens with two attached hydrogens (primary N) is 2. The van der Waals surface area contributed by atoms with E-state index in [1.165, 1.54) is 17.0 Å². The van der Waals surface area contributed by atoms with Gasteiger partial charge >= 0.3 is 5.97 Å². The number of carboxylic acid groups (broad SMARTS) is 1. The van der Waals surface area contributed by atoms with Crippen LogP contribution in [0.4, 0.5) is 0 Å². The molecule has 0 saturated carbocycles. The average Bonchev–Trinajstić information content (AvgIpc) is 3.31. The van der Waals surface area contributed by atoms with E-state index < -0.39 is 53.8 Å². The minimum Gasteiger partial charge on any atom is -0.508 e. The number of amides is 4. The second-order valence-electron chi connectivity index (χ2n) is 9.30. The normalized spacial score (nSPS) is 17.8. The van der Waals surface area contributed by atoms with Gasteiger partial charge in [-0.1, -0.05) is 26.0 Å². The summed E-state index contributed by atoms with van der Waals surface area (Å²) in [5.41, 5.74) is 11.7. The molecule has 12 heteroatoms. The quantitative estimate of drug-likeness (QED) is 0.212. The molecule has 1 aliphatic heterocycles. The van der Waals surface area contributed by atoms with E-state index in [0.29, 0.717) is 18.4 Å².